The summed E-state index contributed by atoms with van der Waals surface area (Å²) in [5, 5.41) is 17.3. The van der Waals surface area contributed by atoms with Crippen LogP contribution in [-0.4, -0.2) is 54.0 Å². The second-order valence-electron chi connectivity index (χ2n) is 8.54. The maximum absolute atomic E-state index is 12.7. The Labute approximate surface area is 192 Å². The monoisotopic (exact) mass is 451 g/mol. The predicted octanol–water partition coefficient (Wildman–Crippen LogP) is 4.01. The third kappa shape index (κ3) is 5.60. The van der Waals surface area contributed by atoms with E-state index in [9.17, 15) is 19.7 Å². The van der Waals surface area contributed by atoms with Gasteiger partial charge in [0.2, 0.25) is 0 Å². The zero-order chi connectivity index (χ0) is 23.2. The SMILES string of the molecule is O=C(NC1CCCCC1)c1ccc(NC(=O)N2CCN(c3ccccc3[N+](=O)[O-])CC2)cc1. The molecule has 3 amide bonds. The van der Waals surface area contributed by atoms with Gasteiger partial charge < -0.3 is 20.4 Å². The van der Waals surface area contributed by atoms with Gasteiger partial charge in [0.25, 0.3) is 11.6 Å². The molecule has 0 unspecified atom stereocenters. The van der Waals surface area contributed by atoms with Crippen LogP contribution in [0.15, 0.2) is 48.5 Å². The number of benzene rings is 2. The fourth-order valence-electron chi connectivity index (χ4n) is 4.46. The zero-order valence-electron chi connectivity index (χ0n) is 18.5. The minimum Gasteiger partial charge on any atom is -0.362 e. The van der Waals surface area contributed by atoms with E-state index in [0.29, 0.717) is 43.1 Å². The van der Waals surface area contributed by atoms with Crippen LogP contribution < -0.4 is 15.5 Å². The minimum atomic E-state index is -0.381. The van der Waals surface area contributed by atoms with E-state index < -0.39 is 0 Å². The fourth-order valence-corrected chi connectivity index (χ4v) is 4.46. The highest BCUT2D eigenvalue weighted by Crippen LogP contribution is 2.28. The number of piperazine rings is 1. The van der Waals surface area contributed by atoms with E-state index in [-0.39, 0.29) is 28.6 Å². The molecular weight excluding hydrogens is 422 g/mol. The van der Waals surface area contributed by atoms with Gasteiger partial charge in [-0.2, -0.15) is 0 Å². The number of hydrogen-bond acceptors (Lipinski definition) is 5. The van der Waals surface area contributed by atoms with Crippen LogP contribution in [0.2, 0.25) is 0 Å². The molecule has 2 fully saturated rings. The van der Waals surface area contributed by atoms with Crippen molar-refractivity contribution in [2.24, 2.45) is 0 Å². The van der Waals surface area contributed by atoms with E-state index >= 15 is 0 Å². The van der Waals surface area contributed by atoms with Gasteiger partial charge in [-0.15, -0.1) is 0 Å². The topological polar surface area (TPSA) is 108 Å². The molecule has 2 aliphatic rings. The number of anilines is 2. The standard InChI is InChI=1S/C24H29N5O4/c30-23(25-19-6-2-1-3-7-19)18-10-12-20(13-11-18)26-24(31)28-16-14-27(15-17-28)21-8-4-5-9-22(21)29(32)33/h4-5,8-13,19H,1-3,6-7,14-17H2,(H,25,30)(H,26,31). The van der Waals surface area contributed by atoms with Crippen LogP contribution in [-0.2, 0) is 0 Å². The summed E-state index contributed by atoms with van der Waals surface area (Å²) in [5.41, 5.74) is 1.85. The van der Waals surface area contributed by atoms with Crippen LogP contribution in [0, 0.1) is 10.1 Å². The van der Waals surface area contributed by atoms with E-state index in [1.165, 1.54) is 12.5 Å². The van der Waals surface area contributed by atoms with Gasteiger partial charge in [0.1, 0.15) is 5.69 Å². The minimum absolute atomic E-state index is 0.0722. The first-order valence-electron chi connectivity index (χ1n) is 11.5. The number of nitrogens with one attached hydrogen (secondary N) is 2. The number of para-hydroxylation sites is 2. The second-order valence-corrected chi connectivity index (χ2v) is 8.54. The molecule has 1 saturated carbocycles. The lowest BCUT2D eigenvalue weighted by Gasteiger charge is -2.35. The van der Waals surface area contributed by atoms with Crippen LogP contribution in [0.5, 0.6) is 0 Å². The van der Waals surface area contributed by atoms with Crippen molar-refractivity contribution < 1.29 is 14.5 Å². The first kappa shape index (κ1) is 22.6. The van der Waals surface area contributed by atoms with Crippen molar-refractivity contribution in [1.29, 1.82) is 0 Å². The highest BCUT2D eigenvalue weighted by atomic mass is 16.6. The summed E-state index contributed by atoms with van der Waals surface area (Å²) in [6.45, 7) is 1.94. The van der Waals surface area contributed by atoms with Crippen LogP contribution >= 0.6 is 0 Å². The summed E-state index contributed by atoms with van der Waals surface area (Å²) in [6, 6.07) is 13.6. The molecule has 1 aliphatic heterocycles. The number of rotatable bonds is 5. The highest BCUT2D eigenvalue weighted by molar-refractivity contribution is 5.95. The third-order valence-corrected chi connectivity index (χ3v) is 6.32. The summed E-state index contributed by atoms with van der Waals surface area (Å²) in [5.74, 6) is -0.0779. The summed E-state index contributed by atoms with van der Waals surface area (Å²) >= 11 is 0. The van der Waals surface area contributed by atoms with Crippen LogP contribution in [0.25, 0.3) is 0 Å². The quantitative estimate of drug-likeness (QED) is 0.527. The average Bonchev–Trinajstić information content (AvgIpc) is 2.85. The molecule has 1 saturated heterocycles. The summed E-state index contributed by atoms with van der Waals surface area (Å²) < 4.78 is 0. The number of urea groups is 1. The van der Waals surface area contributed by atoms with Gasteiger partial charge in [-0.05, 0) is 43.2 Å². The van der Waals surface area contributed by atoms with Gasteiger partial charge in [-0.3, -0.25) is 14.9 Å². The summed E-state index contributed by atoms with van der Waals surface area (Å²) in [7, 11) is 0. The van der Waals surface area contributed by atoms with Crippen molar-refractivity contribution in [3.63, 3.8) is 0 Å². The molecule has 9 heteroatoms. The van der Waals surface area contributed by atoms with Crippen molar-refractivity contribution >= 4 is 29.0 Å². The van der Waals surface area contributed by atoms with E-state index in [1.807, 2.05) is 4.90 Å². The Morgan fingerprint density at radius 2 is 1.58 bits per heavy atom. The van der Waals surface area contributed by atoms with Gasteiger partial charge in [-0.25, -0.2) is 4.79 Å². The number of nitro groups is 1. The lowest BCUT2D eigenvalue weighted by atomic mass is 9.95. The van der Waals surface area contributed by atoms with Crippen LogP contribution in [0.3, 0.4) is 0 Å². The number of carbonyl (C=O) groups excluding carboxylic acids is 2. The van der Waals surface area contributed by atoms with Crippen molar-refractivity contribution in [1.82, 2.24) is 10.2 Å². The molecule has 4 rings (SSSR count). The molecule has 2 aromatic rings. The number of nitro benzene ring substituents is 1. The molecule has 0 aromatic heterocycles. The Bertz CT molecular complexity index is 996. The number of amides is 3. The molecule has 174 valence electrons. The molecule has 1 aliphatic carbocycles. The molecule has 2 aromatic carbocycles. The van der Waals surface area contributed by atoms with Gasteiger partial charge >= 0.3 is 6.03 Å². The summed E-state index contributed by atoms with van der Waals surface area (Å²) in [6.07, 6.45) is 5.62. The maximum Gasteiger partial charge on any atom is 0.321 e. The third-order valence-electron chi connectivity index (χ3n) is 6.32. The normalized spacial score (nSPS) is 16.8. The number of nitrogens with zero attached hydrogens (tertiary/aromatic N) is 3. The molecule has 0 bridgehead atoms. The molecule has 9 nitrogen and oxygen atoms in total. The average molecular weight is 452 g/mol. The van der Waals surface area contributed by atoms with Crippen LogP contribution in [0.4, 0.5) is 21.9 Å². The van der Waals surface area contributed by atoms with E-state index in [4.69, 9.17) is 0 Å². The molecule has 1 heterocycles. The van der Waals surface area contributed by atoms with Crippen molar-refractivity contribution in [2.45, 2.75) is 38.1 Å². The number of carbonyl (C=O) groups is 2. The maximum atomic E-state index is 12.7. The Hall–Kier alpha value is -3.62. The largest absolute Gasteiger partial charge is 0.362 e. The zero-order valence-corrected chi connectivity index (χ0v) is 18.5. The van der Waals surface area contributed by atoms with Gasteiger partial charge in [0, 0.05) is 49.5 Å². The number of hydrogen-bond donors (Lipinski definition) is 2. The van der Waals surface area contributed by atoms with Crippen molar-refractivity contribution in [2.75, 3.05) is 36.4 Å². The Morgan fingerprint density at radius 1 is 0.909 bits per heavy atom. The van der Waals surface area contributed by atoms with Crippen molar-refractivity contribution in [3.05, 3.63) is 64.2 Å². The second kappa shape index (κ2) is 10.3. The fraction of sp³-hybridized carbons (Fsp3) is 0.417. The van der Waals surface area contributed by atoms with E-state index in [0.717, 1.165) is 25.7 Å². The van der Waals surface area contributed by atoms with Crippen molar-refractivity contribution in [3.8, 4) is 0 Å². The molecule has 0 spiro atoms. The van der Waals surface area contributed by atoms with Gasteiger partial charge in [-0.1, -0.05) is 31.4 Å². The summed E-state index contributed by atoms with van der Waals surface area (Å²) in [4.78, 5) is 39.7. The first-order valence-corrected chi connectivity index (χ1v) is 11.5. The highest BCUT2D eigenvalue weighted by Gasteiger charge is 2.25. The Kier molecular flexibility index (Phi) is 7.07. The van der Waals surface area contributed by atoms with E-state index in [2.05, 4.69) is 10.6 Å². The van der Waals surface area contributed by atoms with E-state index in [1.54, 1.807) is 47.4 Å². The van der Waals surface area contributed by atoms with Gasteiger partial charge in [0.05, 0.1) is 4.92 Å². The Morgan fingerprint density at radius 3 is 2.24 bits per heavy atom. The molecule has 33 heavy (non-hydrogen) atoms. The van der Waals surface area contributed by atoms with Crippen LogP contribution in [0.1, 0.15) is 42.5 Å². The Balaban J connectivity index is 1.28. The lowest BCUT2D eigenvalue weighted by molar-refractivity contribution is -0.384. The predicted molar refractivity (Wildman–Crippen MR) is 127 cm³/mol. The molecule has 2 N–H and O–H groups in total. The molecular formula is C24H29N5O4. The smallest absolute Gasteiger partial charge is 0.321 e. The first-order chi connectivity index (χ1) is 16.0. The molecule has 0 atom stereocenters. The molecule has 0 radical (unpaired) electrons. The van der Waals surface area contributed by atoms with Gasteiger partial charge in [0.15, 0.2) is 0 Å². The lowest BCUT2D eigenvalue weighted by Crippen LogP contribution is -2.50.